The Labute approximate surface area is 154 Å². The molecule has 1 aliphatic carbocycles. The van der Waals surface area contributed by atoms with Crippen molar-refractivity contribution >= 4 is 5.95 Å². The largest absolute Gasteiger partial charge is 0.376 e. The van der Waals surface area contributed by atoms with Crippen LogP contribution in [0.15, 0.2) is 30.5 Å². The molecule has 6 heteroatoms. The third-order valence-electron chi connectivity index (χ3n) is 5.21. The first-order chi connectivity index (χ1) is 12.9. The summed E-state index contributed by atoms with van der Waals surface area (Å²) in [5, 5.41) is 11.4. The van der Waals surface area contributed by atoms with Crippen LogP contribution in [0.3, 0.4) is 0 Å². The normalized spacial score (nSPS) is 21.5. The average molecular weight is 354 g/mol. The van der Waals surface area contributed by atoms with E-state index in [1.165, 1.54) is 37.7 Å². The highest BCUT2D eigenvalue weighted by Crippen LogP contribution is 2.33. The second-order valence-electron chi connectivity index (χ2n) is 7.07. The van der Waals surface area contributed by atoms with E-state index < -0.39 is 0 Å². The molecule has 0 unspecified atom stereocenters. The highest BCUT2D eigenvalue weighted by molar-refractivity contribution is 5.59. The van der Waals surface area contributed by atoms with Crippen LogP contribution in [0.2, 0.25) is 0 Å². The van der Waals surface area contributed by atoms with Crippen molar-refractivity contribution in [1.29, 1.82) is 0 Å². The lowest BCUT2D eigenvalue weighted by atomic mass is 9.84. The van der Waals surface area contributed by atoms with Crippen LogP contribution >= 0.6 is 0 Å². The van der Waals surface area contributed by atoms with Crippen LogP contribution in [-0.2, 0) is 9.47 Å². The zero-order valence-electron chi connectivity index (χ0n) is 15.1. The van der Waals surface area contributed by atoms with E-state index in [2.05, 4.69) is 44.8 Å². The molecule has 1 aromatic carbocycles. The summed E-state index contributed by atoms with van der Waals surface area (Å²) < 4.78 is 11.0. The van der Waals surface area contributed by atoms with Crippen LogP contribution in [-0.4, -0.2) is 47.7 Å². The van der Waals surface area contributed by atoms with E-state index in [-0.39, 0.29) is 6.10 Å². The monoisotopic (exact) mass is 354 g/mol. The molecule has 2 aliphatic rings. The Balaban J connectivity index is 1.40. The summed E-state index contributed by atoms with van der Waals surface area (Å²) in [6.07, 6.45) is 8.46. The first-order valence-electron chi connectivity index (χ1n) is 9.62. The summed E-state index contributed by atoms with van der Waals surface area (Å²) in [4.78, 5) is 4.59. The van der Waals surface area contributed by atoms with Gasteiger partial charge >= 0.3 is 0 Å². The number of benzene rings is 1. The second-order valence-corrected chi connectivity index (χ2v) is 7.07. The molecular formula is C20H26N4O2. The SMILES string of the molecule is c1cc(C2CCCCC2)ccc1-c1cnnc(NC[C@@H]2COCCO2)n1. The molecule has 2 aromatic rings. The third-order valence-corrected chi connectivity index (χ3v) is 5.21. The third kappa shape index (κ3) is 4.37. The summed E-state index contributed by atoms with van der Waals surface area (Å²) in [6, 6.07) is 8.78. The molecule has 4 rings (SSSR count). The fraction of sp³-hybridized carbons (Fsp3) is 0.550. The molecule has 0 radical (unpaired) electrons. The van der Waals surface area contributed by atoms with Gasteiger partial charge < -0.3 is 14.8 Å². The lowest BCUT2D eigenvalue weighted by Gasteiger charge is -2.23. The smallest absolute Gasteiger partial charge is 0.243 e. The summed E-state index contributed by atoms with van der Waals surface area (Å²) in [5.41, 5.74) is 3.35. The van der Waals surface area contributed by atoms with Gasteiger partial charge in [0, 0.05) is 12.1 Å². The van der Waals surface area contributed by atoms with Gasteiger partial charge in [0.2, 0.25) is 5.95 Å². The Morgan fingerprint density at radius 3 is 2.65 bits per heavy atom. The number of anilines is 1. The van der Waals surface area contributed by atoms with E-state index in [1.54, 1.807) is 6.20 Å². The van der Waals surface area contributed by atoms with Crippen molar-refractivity contribution in [3.05, 3.63) is 36.0 Å². The minimum Gasteiger partial charge on any atom is -0.376 e. The van der Waals surface area contributed by atoms with Gasteiger partial charge in [-0.15, -0.1) is 5.10 Å². The fourth-order valence-electron chi connectivity index (χ4n) is 3.74. The fourth-order valence-corrected chi connectivity index (χ4v) is 3.74. The summed E-state index contributed by atoms with van der Waals surface area (Å²) in [7, 11) is 0. The number of rotatable bonds is 5. The number of aromatic nitrogens is 3. The van der Waals surface area contributed by atoms with Crippen molar-refractivity contribution in [2.45, 2.75) is 44.1 Å². The molecule has 1 N–H and O–H groups in total. The number of nitrogens with zero attached hydrogens (tertiary/aromatic N) is 3. The van der Waals surface area contributed by atoms with Crippen LogP contribution in [0.1, 0.15) is 43.6 Å². The van der Waals surface area contributed by atoms with Crippen LogP contribution < -0.4 is 5.32 Å². The van der Waals surface area contributed by atoms with E-state index in [9.17, 15) is 0 Å². The molecular weight excluding hydrogens is 328 g/mol. The zero-order chi connectivity index (χ0) is 17.6. The van der Waals surface area contributed by atoms with Gasteiger partial charge in [0.25, 0.3) is 0 Å². The van der Waals surface area contributed by atoms with Crippen molar-refractivity contribution in [1.82, 2.24) is 15.2 Å². The zero-order valence-corrected chi connectivity index (χ0v) is 15.1. The molecule has 1 aromatic heterocycles. The Bertz CT molecular complexity index is 695. The average Bonchev–Trinajstić information content (AvgIpc) is 2.74. The molecule has 6 nitrogen and oxygen atoms in total. The predicted molar refractivity (Wildman–Crippen MR) is 100 cm³/mol. The summed E-state index contributed by atoms with van der Waals surface area (Å²) in [5.74, 6) is 1.24. The Kier molecular flexibility index (Phi) is 5.72. The maximum Gasteiger partial charge on any atom is 0.243 e. The molecule has 1 atom stereocenters. The topological polar surface area (TPSA) is 69.2 Å². The van der Waals surface area contributed by atoms with E-state index in [1.807, 2.05) is 0 Å². The lowest BCUT2D eigenvalue weighted by molar-refractivity contribution is -0.0819. The van der Waals surface area contributed by atoms with Gasteiger partial charge in [-0.2, -0.15) is 5.10 Å². The van der Waals surface area contributed by atoms with Crippen LogP contribution in [0.5, 0.6) is 0 Å². The highest BCUT2D eigenvalue weighted by atomic mass is 16.6. The Hall–Kier alpha value is -2.05. The van der Waals surface area contributed by atoms with Crippen LogP contribution in [0.4, 0.5) is 5.95 Å². The number of hydrogen-bond donors (Lipinski definition) is 1. The Morgan fingerprint density at radius 1 is 1.04 bits per heavy atom. The maximum atomic E-state index is 5.62. The highest BCUT2D eigenvalue weighted by Gasteiger charge is 2.16. The van der Waals surface area contributed by atoms with E-state index in [4.69, 9.17) is 9.47 Å². The van der Waals surface area contributed by atoms with E-state index >= 15 is 0 Å². The van der Waals surface area contributed by atoms with Gasteiger partial charge in [-0.25, -0.2) is 4.98 Å². The lowest BCUT2D eigenvalue weighted by Crippen LogP contribution is -2.34. The second kappa shape index (κ2) is 8.56. The van der Waals surface area contributed by atoms with Crippen molar-refractivity contribution in [3.8, 4) is 11.3 Å². The maximum absolute atomic E-state index is 5.62. The predicted octanol–water partition coefficient (Wildman–Crippen LogP) is 3.41. The van der Waals surface area contributed by atoms with Gasteiger partial charge in [0.1, 0.15) is 0 Å². The molecule has 1 aliphatic heterocycles. The quantitative estimate of drug-likeness (QED) is 0.887. The standard InChI is InChI=1S/C20H26N4O2/c1-2-4-15(5-3-1)16-6-8-17(9-7-16)19-13-22-24-20(23-19)21-12-18-14-25-10-11-26-18/h6-9,13,15,18H,1-5,10-12,14H2,(H,21,23,24)/t18-/m1/s1. The van der Waals surface area contributed by atoms with Crippen molar-refractivity contribution in [3.63, 3.8) is 0 Å². The van der Waals surface area contributed by atoms with Gasteiger partial charge in [0.05, 0.1) is 37.8 Å². The summed E-state index contributed by atoms with van der Waals surface area (Å²) in [6.45, 7) is 2.52. The molecule has 2 fully saturated rings. The minimum absolute atomic E-state index is 0.0331. The van der Waals surface area contributed by atoms with Crippen molar-refractivity contribution < 1.29 is 9.47 Å². The van der Waals surface area contributed by atoms with Crippen molar-refractivity contribution in [2.24, 2.45) is 0 Å². The van der Waals surface area contributed by atoms with Gasteiger partial charge in [-0.05, 0) is 24.3 Å². The molecule has 0 spiro atoms. The molecule has 138 valence electrons. The molecule has 1 saturated carbocycles. The minimum atomic E-state index is 0.0331. The van der Waals surface area contributed by atoms with Gasteiger partial charge in [-0.1, -0.05) is 43.5 Å². The Morgan fingerprint density at radius 2 is 1.88 bits per heavy atom. The number of hydrogen-bond acceptors (Lipinski definition) is 6. The van der Waals surface area contributed by atoms with Gasteiger partial charge in [-0.3, -0.25) is 0 Å². The van der Waals surface area contributed by atoms with Gasteiger partial charge in [0.15, 0.2) is 0 Å². The van der Waals surface area contributed by atoms with Crippen molar-refractivity contribution in [2.75, 3.05) is 31.7 Å². The van der Waals surface area contributed by atoms with Crippen LogP contribution in [0.25, 0.3) is 11.3 Å². The summed E-state index contributed by atoms with van der Waals surface area (Å²) >= 11 is 0. The molecule has 2 heterocycles. The molecule has 1 saturated heterocycles. The number of nitrogens with one attached hydrogen (secondary N) is 1. The van der Waals surface area contributed by atoms with E-state index in [0.717, 1.165) is 17.2 Å². The van der Waals surface area contributed by atoms with E-state index in [0.29, 0.717) is 32.3 Å². The molecule has 0 bridgehead atoms. The number of ether oxygens (including phenoxy) is 2. The van der Waals surface area contributed by atoms with Crippen LogP contribution in [0, 0.1) is 0 Å². The molecule has 0 amide bonds. The molecule has 26 heavy (non-hydrogen) atoms. The first-order valence-corrected chi connectivity index (χ1v) is 9.62. The first kappa shape index (κ1) is 17.4.